The second-order valence-electron chi connectivity index (χ2n) is 8.05. The van der Waals surface area contributed by atoms with Crippen LogP contribution in [0.15, 0.2) is 71.7 Å². The fraction of sp³-hybridized carbons (Fsp3) is 0.280. The van der Waals surface area contributed by atoms with Crippen LogP contribution in [0.3, 0.4) is 0 Å². The van der Waals surface area contributed by atoms with Crippen LogP contribution in [0.4, 0.5) is 4.79 Å². The van der Waals surface area contributed by atoms with E-state index in [1.165, 1.54) is 9.13 Å². The summed E-state index contributed by atoms with van der Waals surface area (Å²) in [5, 5.41) is 0. The van der Waals surface area contributed by atoms with Gasteiger partial charge in [-0.1, -0.05) is 60.7 Å². The van der Waals surface area contributed by atoms with Crippen LogP contribution in [0.2, 0.25) is 0 Å². The van der Waals surface area contributed by atoms with Gasteiger partial charge in [0.15, 0.2) is 11.5 Å². The number of rotatable bonds is 6. The van der Waals surface area contributed by atoms with Gasteiger partial charge in [-0.05, 0) is 18.4 Å². The van der Waals surface area contributed by atoms with Gasteiger partial charge in [0.25, 0.3) is 0 Å². The molecule has 5 rings (SSSR count). The molecule has 0 N–H and O–H groups in total. The van der Waals surface area contributed by atoms with E-state index in [4.69, 9.17) is 4.74 Å². The zero-order valence-electron chi connectivity index (χ0n) is 18.3. The van der Waals surface area contributed by atoms with Crippen molar-refractivity contribution in [2.75, 3.05) is 19.7 Å². The largest absolute Gasteiger partial charge is 0.375 e. The van der Waals surface area contributed by atoms with Crippen molar-refractivity contribution in [3.8, 4) is 11.4 Å². The molecule has 2 aromatic heterocycles. The molecule has 1 aliphatic rings. The van der Waals surface area contributed by atoms with Gasteiger partial charge in [0.05, 0.1) is 26.0 Å². The SMILES string of the molecule is O=C(N1CCCC1)n1c(=O)n(CCOCc2ccccc2)c2nc(-c3ccccc3)ncc21. The third kappa shape index (κ3) is 4.29. The molecule has 0 radical (unpaired) electrons. The Labute approximate surface area is 191 Å². The van der Waals surface area contributed by atoms with Crippen molar-refractivity contribution in [3.63, 3.8) is 0 Å². The maximum atomic E-state index is 13.4. The summed E-state index contributed by atoms with van der Waals surface area (Å²) >= 11 is 0. The normalized spacial score (nSPS) is 13.6. The Hall–Kier alpha value is -3.78. The van der Waals surface area contributed by atoms with Gasteiger partial charge in [-0.25, -0.2) is 24.1 Å². The van der Waals surface area contributed by atoms with E-state index in [1.807, 2.05) is 60.7 Å². The molecule has 3 heterocycles. The van der Waals surface area contributed by atoms with Crippen molar-refractivity contribution in [2.45, 2.75) is 26.0 Å². The minimum Gasteiger partial charge on any atom is -0.375 e. The number of carbonyl (C=O) groups is 1. The highest BCUT2D eigenvalue weighted by atomic mass is 16.5. The lowest BCUT2D eigenvalue weighted by molar-refractivity contribution is 0.113. The summed E-state index contributed by atoms with van der Waals surface area (Å²) in [5.74, 6) is 0.507. The summed E-state index contributed by atoms with van der Waals surface area (Å²) in [6.07, 6.45) is 3.46. The molecule has 33 heavy (non-hydrogen) atoms. The van der Waals surface area contributed by atoms with Crippen molar-refractivity contribution in [1.29, 1.82) is 0 Å². The summed E-state index contributed by atoms with van der Waals surface area (Å²) in [6.45, 7) is 2.36. The number of hydrogen-bond acceptors (Lipinski definition) is 5. The van der Waals surface area contributed by atoms with Crippen LogP contribution in [0.25, 0.3) is 22.6 Å². The van der Waals surface area contributed by atoms with Gasteiger partial charge in [0.2, 0.25) is 0 Å². The van der Waals surface area contributed by atoms with Crippen molar-refractivity contribution in [2.24, 2.45) is 0 Å². The minimum atomic E-state index is -0.412. The topological polar surface area (TPSA) is 82.2 Å². The number of carbonyl (C=O) groups excluding carboxylic acids is 1. The van der Waals surface area contributed by atoms with E-state index in [9.17, 15) is 9.59 Å². The molecule has 1 aliphatic heterocycles. The molecule has 0 spiro atoms. The van der Waals surface area contributed by atoms with Crippen molar-refractivity contribution in [1.82, 2.24) is 24.0 Å². The zero-order chi connectivity index (χ0) is 22.6. The average molecular weight is 444 g/mol. The predicted molar refractivity (Wildman–Crippen MR) is 125 cm³/mol. The van der Waals surface area contributed by atoms with Crippen molar-refractivity contribution in [3.05, 3.63) is 82.9 Å². The number of fused-ring (bicyclic) bond motifs is 1. The van der Waals surface area contributed by atoms with Crippen LogP contribution < -0.4 is 5.69 Å². The monoisotopic (exact) mass is 443 g/mol. The molecule has 0 unspecified atom stereocenters. The highest BCUT2D eigenvalue weighted by Gasteiger charge is 2.26. The predicted octanol–water partition coefficient (Wildman–Crippen LogP) is 3.54. The lowest BCUT2D eigenvalue weighted by Crippen LogP contribution is -2.39. The van der Waals surface area contributed by atoms with E-state index < -0.39 is 5.69 Å². The Bertz CT molecular complexity index is 1310. The second kappa shape index (κ2) is 9.38. The lowest BCUT2D eigenvalue weighted by Gasteiger charge is -2.14. The van der Waals surface area contributed by atoms with Gasteiger partial charge in [0.1, 0.15) is 5.52 Å². The first kappa shape index (κ1) is 21.1. The Morgan fingerprint density at radius 3 is 2.39 bits per heavy atom. The molecule has 8 heteroatoms. The Morgan fingerprint density at radius 1 is 0.970 bits per heavy atom. The molecular formula is C25H25N5O3. The third-order valence-electron chi connectivity index (χ3n) is 5.84. The van der Waals surface area contributed by atoms with Gasteiger partial charge in [0, 0.05) is 18.7 Å². The number of aromatic nitrogens is 4. The number of likely N-dealkylation sites (tertiary alicyclic amines) is 1. The standard InChI is InChI=1S/C25H25N5O3/c31-24(28-13-7-8-14-28)30-21-17-26-22(20-11-5-2-6-12-20)27-23(21)29(25(30)32)15-16-33-18-19-9-3-1-4-10-19/h1-6,9-12,17H,7-8,13-16,18H2. The number of amides is 1. The highest BCUT2D eigenvalue weighted by Crippen LogP contribution is 2.19. The third-order valence-corrected chi connectivity index (χ3v) is 5.84. The molecule has 0 aliphatic carbocycles. The van der Waals surface area contributed by atoms with Gasteiger partial charge < -0.3 is 9.64 Å². The molecule has 4 aromatic rings. The molecule has 2 aromatic carbocycles. The summed E-state index contributed by atoms with van der Waals surface area (Å²) < 4.78 is 8.52. The first-order valence-electron chi connectivity index (χ1n) is 11.2. The summed E-state index contributed by atoms with van der Waals surface area (Å²) in [7, 11) is 0. The summed E-state index contributed by atoms with van der Waals surface area (Å²) in [6, 6.07) is 19.1. The fourth-order valence-corrected chi connectivity index (χ4v) is 4.12. The Balaban J connectivity index is 1.48. The molecule has 168 valence electrons. The Morgan fingerprint density at radius 2 is 1.67 bits per heavy atom. The molecule has 1 amide bonds. The van der Waals surface area contributed by atoms with E-state index >= 15 is 0 Å². The molecular weight excluding hydrogens is 418 g/mol. The Kier molecular flexibility index (Phi) is 5.99. The van der Waals surface area contributed by atoms with Crippen molar-refractivity contribution >= 4 is 17.2 Å². The van der Waals surface area contributed by atoms with E-state index in [-0.39, 0.29) is 12.6 Å². The number of imidazole rings is 1. The first-order valence-corrected chi connectivity index (χ1v) is 11.2. The van der Waals surface area contributed by atoms with Crippen LogP contribution in [-0.2, 0) is 17.9 Å². The number of hydrogen-bond donors (Lipinski definition) is 0. The molecule has 0 atom stereocenters. The maximum Gasteiger partial charge on any atom is 0.338 e. The van der Waals surface area contributed by atoms with Gasteiger partial charge in [-0.15, -0.1) is 0 Å². The number of ether oxygens (including phenoxy) is 1. The van der Waals surface area contributed by atoms with E-state index in [0.717, 1.165) is 24.0 Å². The van der Waals surface area contributed by atoms with Crippen LogP contribution in [-0.4, -0.2) is 49.7 Å². The smallest absolute Gasteiger partial charge is 0.338 e. The molecule has 0 bridgehead atoms. The van der Waals surface area contributed by atoms with Crippen LogP contribution in [0.1, 0.15) is 18.4 Å². The van der Waals surface area contributed by atoms with Gasteiger partial charge >= 0.3 is 11.7 Å². The quantitative estimate of drug-likeness (QED) is 0.426. The average Bonchev–Trinajstić information content (AvgIpc) is 3.49. The number of benzene rings is 2. The summed E-state index contributed by atoms with van der Waals surface area (Å²) in [4.78, 5) is 37.3. The van der Waals surface area contributed by atoms with E-state index in [2.05, 4.69) is 9.97 Å². The molecule has 1 fully saturated rings. The fourth-order valence-electron chi connectivity index (χ4n) is 4.12. The number of nitrogens with zero attached hydrogens (tertiary/aromatic N) is 5. The molecule has 8 nitrogen and oxygen atoms in total. The summed E-state index contributed by atoms with van der Waals surface area (Å²) in [5.41, 5.74) is 2.34. The van der Waals surface area contributed by atoms with E-state index in [0.29, 0.717) is 43.3 Å². The van der Waals surface area contributed by atoms with Crippen LogP contribution in [0, 0.1) is 0 Å². The molecule has 1 saturated heterocycles. The van der Waals surface area contributed by atoms with Crippen LogP contribution >= 0.6 is 0 Å². The van der Waals surface area contributed by atoms with Crippen molar-refractivity contribution < 1.29 is 9.53 Å². The van der Waals surface area contributed by atoms with E-state index in [1.54, 1.807) is 11.1 Å². The second-order valence-corrected chi connectivity index (χ2v) is 8.05. The highest BCUT2D eigenvalue weighted by molar-refractivity contribution is 5.88. The zero-order valence-corrected chi connectivity index (χ0v) is 18.3. The van der Waals surface area contributed by atoms with Crippen LogP contribution in [0.5, 0.6) is 0 Å². The van der Waals surface area contributed by atoms with Gasteiger partial charge in [-0.2, -0.15) is 0 Å². The minimum absolute atomic E-state index is 0.285. The van der Waals surface area contributed by atoms with Gasteiger partial charge in [-0.3, -0.25) is 4.57 Å². The lowest BCUT2D eigenvalue weighted by atomic mass is 10.2. The first-order chi connectivity index (χ1) is 16.2. The maximum absolute atomic E-state index is 13.4. The molecule has 0 saturated carbocycles.